The van der Waals surface area contributed by atoms with E-state index in [4.69, 9.17) is 18.9 Å². The lowest BCUT2D eigenvalue weighted by atomic mass is 10.0. The van der Waals surface area contributed by atoms with Gasteiger partial charge in [-0.25, -0.2) is 4.79 Å². The van der Waals surface area contributed by atoms with Crippen LogP contribution < -0.4 is 0 Å². The van der Waals surface area contributed by atoms with E-state index in [1.165, 1.54) is 7.11 Å². The van der Waals surface area contributed by atoms with Crippen LogP contribution in [0.4, 0.5) is 0 Å². The number of esters is 1. The molecule has 0 N–H and O–H groups in total. The molecule has 1 heterocycles. The first-order valence-electron chi connectivity index (χ1n) is 6.18. The van der Waals surface area contributed by atoms with Crippen molar-refractivity contribution in [3.63, 3.8) is 0 Å². The van der Waals surface area contributed by atoms with Gasteiger partial charge in [-0.15, -0.1) is 0 Å². The third kappa shape index (κ3) is 5.02. The molecule has 1 fully saturated rings. The molecule has 1 aliphatic heterocycles. The van der Waals surface area contributed by atoms with Gasteiger partial charge in [0.25, 0.3) is 0 Å². The van der Waals surface area contributed by atoms with Crippen molar-refractivity contribution >= 4 is 5.97 Å². The van der Waals surface area contributed by atoms with Gasteiger partial charge in [-0.1, -0.05) is 0 Å². The van der Waals surface area contributed by atoms with E-state index in [-0.39, 0.29) is 18.7 Å². The zero-order chi connectivity index (χ0) is 12.5. The minimum atomic E-state index is -0.614. The molecule has 5 heteroatoms. The van der Waals surface area contributed by atoms with Crippen molar-refractivity contribution in [2.75, 3.05) is 33.5 Å². The molecule has 2 atom stereocenters. The van der Waals surface area contributed by atoms with Crippen LogP contribution in [-0.2, 0) is 23.7 Å². The van der Waals surface area contributed by atoms with Crippen molar-refractivity contribution in [3.05, 3.63) is 0 Å². The van der Waals surface area contributed by atoms with Gasteiger partial charge in [0.05, 0.1) is 12.7 Å². The highest BCUT2D eigenvalue weighted by molar-refractivity contribution is 5.75. The van der Waals surface area contributed by atoms with Crippen LogP contribution in [0, 0.1) is 0 Å². The molecule has 17 heavy (non-hydrogen) atoms. The van der Waals surface area contributed by atoms with E-state index in [2.05, 4.69) is 0 Å². The van der Waals surface area contributed by atoms with E-state index in [0.29, 0.717) is 19.8 Å². The van der Waals surface area contributed by atoms with Crippen molar-refractivity contribution in [2.45, 2.75) is 38.4 Å². The zero-order valence-electron chi connectivity index (χ0n) is 10.6. The molecule has 100 valence electrons. The lowest BCUT2D eigenvalue weighted by Crippen LogP contribution is -2.41. The van der Waals surface area contributed by atoms with Gasteiger partial charge in [0.1, 0.15) is 6.61 Å². The van der Waals surface area contributed by atoms with Gasteiger partial charge in [-0.3, -0.25) is 0 Å². The third-order valence-corrected chi connectivity index (χ3v) is 2.71. The summed E-state index contributed by atoms with van der Waals surface area (Å²) in [6.45, 7) is 3.90. The highest BCUT2D eigenvalue weighted by atomic mass is 16.6. The van der Waals surface area contributed by atoms with Gasteiger partial charge >= 0.3 is 5.97 Å². The minimum Gasteiger partial charge on any atom is -0.461 e. The Labute approximate surface area is 102 Å². The smallest absolute Gasteiger partial charge is 0.338 e. The molecule has 5 nitrogen and oxygen atoms in total. The Morgan fingerprint density at radius 3 is 2.82 bits per heavy atom. The van der Waals surface area contributed by atoms with Crippen LogP contribution in [0.5, 0.6) is 0 Å². The quantitative estimate of drug-likeness (QED) is 0.498. The summed E-state index contributed by atoms with van der Waals surface area (Å²) in [6.07, 6.45) is 2.17. The average molecular weight is 246 g/mol. The summed E-state index contributed by atoms with van der Waals surface area (Å²) >= 11 is 0. The van der Waals surface area contributed by atoms with Crippen LogP contribution in [0.1, 0.15) is 26.2 Å². The molecule has 0 radical (unpaired) electrons. The SMILES string of the molecule is CCOCCOC(=O)C(OC)C1CCCCO1. The maximum absolute atomic E-state index is 11.8. The summed E-state index contributed by atoms with van der Waals surface area (Å²) < 4.78 is 20.9. The second-order valence-electron chi connectivity index (χ2n) is 3.93. The van der Waals surface area contributed by atoms with Gasteiger partial charge in [0.15, 0.2) is 6.10 Å². The Bertz CT molecular complexity index is 213. The summed E-state index contributed by atoms with van der Waals surface area (Å²) in [6, 6.07) is 0. The maximum Gasteiger partial charge on any atom is 0.338 e. The van der Waals surface area contributed by atoms with E-state index in [1.54, 1.807) is 0 Å². The molecule has 1 aliphatic rings. The average Bonchev–Trinajstić information content (AvgIpc) is 2.37. The fourth-order valence-electron chi connectivity index (χ4n) is 1.83. The van der Waals surface area contributed by atoms with Crippen molar-refractivity contribution < 1.29 is 23.7 Å². The van der Waals surface area contributed by atoms with Gasteiger partial charge < -0.3 is 18.9 Å². The zero-order valence-corrected chi connectivity index (χ0v) is 10.6. The predicted octanol–water partition coefficient (Wildman–Crippen LogP) is 1.15. The molecule has 0 aromatic heterocycles. The minimum absolute atomic E-state index is 0.173. The standard InChI is InChI=1S/C12H22O5/c1-3-15-8-9-17-12(13)11(14-2)10-6-4-5-7-16-10/h10-11H,3-9H2,1-2H3. The highest BCUT2D eigenvalue weighted by Crippen LogP contribution is 2.18. The van der Waals surface area contributed by atoms with Crippen LogP contribution in [0.2, 0.25) is 0 Å². The molecule has 2 unspecified atom stereocenters. The molecule has 0 aromatic carbocycles. The molecule has 0 saturated carbocycles. The first-order valence-corrected chi connectivity index (χ1v) is 6.18. The molecule has 0 spiro atoms. The lowest BCUT2D eigenvalue weighted by molar-refractivity contribution is -0.169. The third-order valence-electron chi connectivity index (χ3n) is 2.71. The second-order valence-corrected chi connectivity index (χ2v) is 3.93. The van der Waals surface area contributed by atoms with Gasteiger partial charge in [0, 0.05) is 20.3 Å². The molecular formula is C12H22O5. The van der Waals surface area contributed by atoms with E-state index < -0.39 is 6.10 Å². The molecule has 0 bridgehead atoms. The second kappa shape index (κ2) is 8.44. The van der Waals surface area contributed by atoms with E-state index in [1.807, 2.05) is 6.92 Å². The summed E-state index contributed by atoms with van der Waals surface area (Å²) in [5, 5.41) is 0. The fourth-order valence-corrected chi connectivity index (χ4v) is 1.83. The molecule has 1 rings (SSSR count). The van der Waals surface area contributed by atoms with E-state index in [9.17, 15) is 4.79 Å². The highest BCUT2D eigenvalue weighted by Gasteiger charge is 2.31. The normalized spacial score (nSPS) is 22.1. The maximum atomic E-state index is 11.8. The number of hydrogen-bond donors (Lipinski definition) is 0. The van der Waals surface area contributed by atoms with Gasteiger partial charge in [-0.05, 0) is 26.2 Å². The monoisotopic (exact) mass is 246 g/mol. The Kier molecular flexibility index (Phi) is 7.16. The van der Waals surface area contributed by atoms with E-state index in [0.717, 1.165) is 19.3 Å². The molecular weight excluding hydrogens is 224 g/mol. The fraction of sp³-hybridized carbons (Fsp3) is 0.917. The number of rotatable bonds is 7. The number of methoxy groups -OCH3 is 1. The Morgan fingerprint density at radius 2 is 2.24 bits per heavy atom. The summed E-state index contributed by atoms with van der Waals surface area (Å²) in [4.78, 5) is 11.8. The summed E-state index contributed by atoms with van der Waals surface area (Å²) in [5.41, 5.74) is 0. The summed E-state index contributed by atoms with van der Waals surface area (Å²) in [5.74, 6) is -0.362. The predicted molar refractivity (Wildman–Crippen MR) is 61.8 cm³/mol. The number of ether oxygens (including phenoxy) is 4. The molecule has 0 aliphatic carbocycles. The van der Waals surface area contributed by atoms with Crippen molar-refractivity contribution in [3.8, 4) is 0 Å². The first-order chi connectivity index (χ1) is 8.29. The molecule has 0 aromatic rings. The van der Waals surface area contributed by atoms with Crippen LogP contribution >= 0.6 is 0 Å². The lowest BCUT2D eigenvalue weighted by Gasteiger charge is -2.27. The van der Waals surface area contributed by atoms with Crippen LogP contribution in [-0.4, -0.2) is 51.7 Å². The van der Waals surface area contributed by atoms with Gasteiger partial charge in [0.2, 0.25) is 0 Å². The largest absolute Gasteiger partial charge is 0.461 e. The molecule has 1 saturated heterocycles. The summed E-state index contributed by atoms with van der Waals surface area (Å²) in [7, 11) is 1.51. The van der Waals surface area contributed by atoms with Crippen molar-refractivity contribution in [2.24, 2.45) is 0 Å². The Hall–Kier alpha value is -0.650. The molecule has 0 amide bonds. The number of carbonyl (C=O) groups is 1. The van der Waals surface area contributed by atoms with Crippen LogP contribution in [0.25, 0.3) is 0 Å². The van der Waals surface area contributed by atoms with Crippen molar-refractivity contribution in [1.29, 1.82) is 0 Å². The first kappa shape index (κ1) is 14.4. The number of carbonyl (C=O) groups excluding carboxylic acids is 1. The van der Waals surface area contributed by atoms with E-state index >= 15 is 0 Å². The van der Waals surface area contributed by atoms with Crippen molar-refractivity contribution in [1.82, 2.24) is 0 Å². The Balaban J connectivity index is 2.29. The van der Waals surface area contributed by atoms with Crippen LogP contribution in [0.3, 0.4) is 0 Å². The Morgan fingerprint density at radius 1 is 1.41 bits per heavy atom. The van der Waals surface area contributed by atoms with Crippen LogP contribution in [0.15, 0.2) is 0 Å². The number of hydrogen-bond acceptors (Lipinski definition) is 5. The topological polar surface area (TPSA) is 54.0 Å². The van der Waals surface area contributed by atoms with Gasteiger partial charge in [-0.2, -0.15) is 0 Å².